The fourth-order valence-corrected chi connectivity index (χ4v) is 5.29. The maximum absolute atomic E-state index is 13.2. The van der Waals surface area contributed by atoms with Crippen molar-refractivity contribution in [1.29, 1.82) is 0 Å². The Morgan fingerprint density at radius 3 is 2.86 bits per heavy atom. The van der Waals surface area contributed by atoms with E-state index in [0.29, 0.717) is 11.5 Å². The van der Waals surface area contributed by atoms with Gasteiger partial charge in [-0.1, -0.05) is 38.1 Å². The minimum atomic E-state index is -0.402. The summed E-state index contributed by atoms with van der Waals surface area (Å²) in [4.78, 5) is 27.0. The maximum Gasteiger partial charge on any atom is 0.337 e. The third-order valence-corrected chi connectivity index (χ3v) is 6.98. The van der Waals surface area contributed by atoms with Crippen molar-refractivity contribution in [2.75, 3.05) is 7.11 Å². The van der Waals surface area contributed by atoms with E-state index in [1.807, 2.05) is 6.07 Å². The number of aromatic nitrogens is 3. The predicted octanol–water partition coefficient (Wildman–Crippen LogP) is 3.84. The number of rotatable bonds is 3. The summed E-state index contributed by atoms with van der Waals surface area (Å²) in [6.45, 7) is 7.11. The number of methoxy groups -OCH3 is 1. The molecule has 1 unspecified atom stereocenters. The lowest BCUT2D eigenvalue weighted by Gasteiger charge is -2.33. The summed E-state index contributed by atoms with van der Waals surface area (Å²) in [5.74, 6) is 0.209. The highest BCUT2D eigenvalue weighted by atomic mass is 32.1. The van der Waals surface area contributed by atoms with E-state index in [4.69, 9.17) is 4.74 Å². The Morgan fingerprint density at radius 1 is 1.34 bits per heavy atom. The van der Waals surface area contributed by atoms with Gasteiger partial charge in [-0.15, -0.1) is 16.4 Å². The van der Waals surface area contributed by atoms with Gasteiger partial charge in [0.2, 0.25) is 0 Å². The van der Waals surface area contributed by atoms with Gasteiger partial charge in [0.25, 0.3) is 5.56 Å². The van der Waals surface area contributed by atoms with Gasteiger partial charge in [0, 0.05) is 4.88 Å². The van der Waals surface area contributed by atoms with Crippen LogP contribution in [0.25, 0.3) is 10.2 Å². The second kappa shape index (κ2) is 7.37. The Morgan fingerprint density at radius 2 is 2.14 bits per heavy atom. The van der Waals surface area contributed by atoms with Crippen LogP contribution in [-0.2, 0) is 24.1 Å². The number of aryl methyl sites for hydroxylation is 1. The molecule has 0 saturated carbocycles. The number of benzene rings is 1. The fraction of sp³-hybridized carbons (Fsp3) is 0.455. The zero-order valence-corrected chi connectivity index (χ0v) is 18.0. The number of fused-ring (bicyclic) bond motifs is 3. The Kier molecular flexibility index (Phi) is 5.02. The average molecular weight is 412 g/mol. The summed E-state index contributed by atoms with van der Waals surface area (Å²) in [5, 5.41) is 9.22. The van der Waals surface area contributed by atoms with Gasteiger partial charge in [0.1, 0.15) is 0 Å². The van der Waals surface area contributed by atoms with Crippen LogP contribution in [0.1, 0.15) is 53.6 Å². The topological polar surface area (TPSA) is 74.1 Å². The lowest BCUT2D eigenvalue weighted by atomic mass is 9.72. The first-order valence-corrected chi connectivity index (χ1v) is 10.6. The van der Waals surface area contributed by atoms with Crippen molar-refractivity contribution in [3.63, 3.8) is 0 Å². The highest BCUT2D eigenvalue weighted by Crippen LogP contribution is 2.41. The monoisotopic (exact) mass is 411 g/mol. The highest BCUT2D eigenvalue weighted by Gasteiger charge is 2.31. The SMILES string of the molecule is COC(=O)c1cccc(Cn2nnc3sc4c(c3c2=O)CCC(C(C)(C)C)C4)c1. The second-order valence-corrected chi connectivity index (χ2v) is 9.82. The van der Waals surface area contributed by atoms with E-state index in [9.17, 15) is 9.59 Å². The lowest BCUT2D eigenvalue weighted by Crippen LogP contribution is -2.28. The van der Waals surface area contributed by atoms with Crippen molar-refractivity contribution in [3.8, 4) is 0 Å². The van der Waals surface area contributed by atoms with Gasteiger partial charge in [0.15, 0.2) is 4.83 Å². The third-order valence-electron chi connectivity index (χ3n) is 5.84. The van der Waals surface area contributed by atoms with Crippen LogP contribution in [-0.4, -0.2) is 28.1 Å². The molecule has 0 bridgehead atoms. The molecular weight excluding hydrogens is 386 g/mol. The van der Waals surface area contributed by atoms with E-state index < -0.39 is 5.97 Å². The first-order valence-electron chi connectivity index (χ1n) is 9.83. The minimum absolute atomic E-state index is 0.106. The molecule has 3 aromatic rings. The zero-order valence-electron chi connectivity index (χ0n) is 17.2. The third kappa shape index (κ3) is 3.71. The molecule has 152 valence electrons. The predicted molar refractivity (Wildman–Crippen MR) is 114 cm³/mol. The maximum atomic E-state index is 13.2. The molecule has 0 saturated heterocycles. The lowest BCUT2D eigenvalue weighted by molar-refractivity contribution is 0.0600. The van der Waals surface area contributed by atoms with Crippen LogP contribution in [0.2, 0.25) is 0 Å². The molecule has 1 aliphatic rings. The van der Waals surface area contributed by atoms with E-state index in [1.165, 1.54) is 16.7 Å². The number of hydrogen-bond acceptors (Lipinski definition) is 6. The molecule has 0 fully saturated rings. The summed E-state index contributed by atoms with van der Waals surface area (Å²) >= 11 is 1.61. The number of thiophene rings is 1. The fourth-order valence-electron chi connectivity index (χ4n) is 4.06. The standard InChI is InChI=1S/C22H25N3O3S/c1-22(2,3)15-8-9-16-17(11-15)29-19-18(16)20(26)25(24-23-19)12-13-6-5-7-14(10-13)21(27)28-4/h5-7,10,15H,8-9,11-12H2,1-4H3. The normalized spacial score (nSPS) is 16.6. The molecule has 4 rings (SSSR count). The summed E-state index contributed by atoms with van der Waals surface area (Å²) in [6.07, 6.45) is 3.00. The minimum Gasteiger partial charge on any atom is -0.465 e. The molecule has 2 aromatic heterocycles. The van der Waals surface area contributed by atoms with Crippen molar-refractivity contribution >= 4 is 27.5 Å². The Balaban J connectivity index is 1.69. The summed E-state index contributed by atoms with van der Waals surface area (Å²) in [7, 11) is 1.35. The average Bonchev–Trinajstić information content (AvgIpc) is 3.07. The molecule has 6 nitrogen and oxygen atoms in total. The quantitative estimate of drug-likeness (QED) is 0.612. The Hall–Kier alpha value is -2.54. The van der Waals surface area contributed by atoms with Crippen molar-refractivity contribution in [2.45, 2.75) is 46.6 Å². The summed E-state index contributed by atoms with van der Waals surface area (Å²) in [5.41, 5.74) is 2.56. The molecule has 0 N–H and O–H groups in total. The van der Waals surface area contributed by atoms with Crippen LogP contribution < -0.4 is 5.56 Å². The molecule has 1 aromatic carbocycles. The van der Waals surface area contributed by atoms with Crippen molar-refractivity contribution in [3.05, 3.63) is 56.2 Å². The molecule has 7 heteroatoms. The van der Waals surface area contributed by atoms with E-state index in [0.717, 1.165) is 40.6 Å². The largest absolute Gasteiger partial charge is 0.465 e. The number of hydrogen-bond donors (Lipinski definition) is 0. The molecule has 0 radical (unpaired) electrons. The summed E-state index contributed by atoms with van der Waals surface area (Å²) < 4.78 is 6.16. The van der Waals surface area contributed by atoms with Gasteiger partial charge in [0.05, 0.1) is 24.6 Å². The van der Waals surface area contributed by atoms with Crippen LogP contribution in [0.4, 0.5) is 0 Å². The van der Waals surface area contributed by atoms with Gasteiger partial charge < -0.3 is 4.74 Å². The van der Waals surface area contributed by atoms with Crippen LogP contribution in [0.15, 0.2) is 29.1 Å². The molecular formula is C22H25N3O3S. The Bertz CT molecular complexity index is 1140. The number of esters is 1. The molecule has 0 spiro atoms. The summed E-state index contributed by atoms with van der Waals surface area (Å²) in [6, 6.07) is 7.05. The van der Waals surface area contributed by atoms with Gasteiger partial charge in [-0.05, 0) is 53.9 Å². The van der Waals surface area contributed by atoms with E-state index >= 15 is 0 Å². The van der Waals surface area contributed by atoms with Crippen molar-refractivity contribution < 1.29 is 9.53 Å². The van der Waals surface area contributed by atoms with Gasteiger partial charge >= 0.3 is 5.97 Å². The van der Waals surface area contributed by atoms with Crippen LogP contribution >= 0.6 is 11.3 Å². The first-order chi connectivity index (χ1) is 13.8. The number of carbonyl (C=O) groups is 1. The number of ether oxygens (including phenoxy) is 1. The van der Waals surface area contributed by atoms with E-state index in [1.54, 1.807) is 29.5 Å². The van der Waals surface area contributed by atoms with Crippen LogP contribution in [0.5, 0.6) is 0 Å². The molecule has 29 heavy (non-hydrogen) atoms. The molecule has 1 aliphatic carbocycles. The zero-order chi connectivity index (χ0) is 20.8. The molecule has 1 atom stereocenters. The number of carbonyl (C=O) groups excluding carboxylic acids is 1. The number of nitrogens with zero attached hydrogens (tertiary/aromatic N) is 3. The second-order valence-electron chi connectivity index (χ2n) is 8.73. The van der Waals surface area contributed by atoms with Gasteiger partial charge in [-0.2, -0.15) is 0 Å². The molecule has 2 heterocycles. The molecule has 0 aliphatic heterocycles. The highest BCUT2D eigenvalue weighted by molar-refractivity contribution is 7.18. The van der Waals surface area contributed by atoms with Gasteiger partial charge in [-0.25, -0.2) is 9.48 Å². The van der Waals surface area contributed by atoms with Crippen molar-refractivity contribution in [2.24, 2.45) is 11.3 Å². The van der Waals surface area contributed by atoms with E-state index in [2.05, 4.69) is 31.1 Å². The first kappa shape index (κ1) is 19.8. The van der Waals surface area contributed by atoms with Crippen LogP contribution in [0, 0.1) is 11.3 Å². The van der Waals surface area contributed by atoms with Gasteiger partial charge in [-0.3, -0.25) is 4.79 Å². The van der Waals surface area contributed by atoms with Crippen molar-refractivity contribution in [1.82, 2.24) is 15.0 Å². The molecule has 0 amide bonds. The van der Waals surface area contributed by atoms with Crippen LogP contribution in [0.3, 0.4) is 0 Å². The Labute approximate surface area is 173 Å². The van der Waals surface area contributed by atoms with E-state index in [-0.39, 0.29) is 17.5 Å². The smallest absolute Gasteiger partial charge is 0.337 e.